The van der Waals surface area contributed by atoms with Crippen molar-refractivity contribution in [3.05, 3.63) is 22.0 Å². The van der Waals surface area contributed by atoms with Crippen LogP contribution in [-0.2, 0) is 16.4 Å². The third-order valence-electron chi connectivity index (χ3n) is 3.36. The lowest BCUT2D eigenvalue weighted by molar-refractivity contribution is 0.256. The van der Waals surface area contributed by atoms with Crippen LogP contribution in [0.3, 0.4) is 0 Å². The van der Waals surface area contributed by atoms with Gasteiger partial charge in [0.05, 0.1) is 7.11 Å². The molecule has 11 heteroatoms. The van der Waals surface area contributed by atoms with Gasteiger partial charge in [0.1, 0.15) is 4.90 Å². The monoisotopic (exact) mass is 400 g/mol. The van der Waals surface area contributed by atoms with Gasteiger partial charge in [-0.3, -0.25) is 5.32 Å². The van der Waals surface area contributed by atoms with Crippen LogP contribution < -0.4 is 14.8 Å². The molecule has 0 unspecified atom stereocenters. The molecule has 0 saturated carbocycles. The summed E-state index contributed by atoms with van der Waals surface area (Å²) in [6, 6.07) is 0.669. The Morgan fingerprint density at radius 2 is 2.16 bits per heavy atom. The normalized spacial score (nSPS) is 13.8. The SMILES string of the molecule is COc1cc(C)nc(NC(=O)NS(=O)(=O)c2csc3c2SCCC3)n1. The maximum Gasteiger partial charge on any atom is 0.335 e. The second-order valence-corrected chi connectivity index (χ2v) is 8.96. The van der Waals surface area contributed by atoms with Crippen LogP contribution in [0.4, 0.5) is 10.7 Å². The van der Waals surface area contributed by atoms with Gasteiger partial charge in [0, 0.05) is 26.9 Å². The number of aromatic nitrogens is 2. The molecule has 0 atom stereocenters. The summed E-state index contributed by atoms with van der Waals surface area (Å²) < 4.78 is 32.0. The van der Waals surface area contributed by atoms with Gasteiger partial charge in [-0.1, -0.05) is 0 Å². The molecule has 0 aliphatic carbocycles. The molecule has 25 heavy (non-hydrogen) atoms. The molecule has 1 aliphatic rings. The Labute approximate surface area is 153 Å². The Hall–Kier alpha value is -1.85. The van der Waals surface area contributed by atoms with E-state index in [0.29, 0.717) is 5.69 Å². The minimum Gasteiger partial charge on any atom is -0.481 e. The minimum atomic E-state index is -3.96. The highest BCUT2D eigenvalue weighted by atomic mass is 32.2. The van der Waals surface area contributed by atoms with Crippen molar-refractivity contribution >= 4 is 45.1 Å². The number of carbonyl (C=O) groups excluding carboxylic acids is 1. The fourth-order valence-corrected chi connectivity index (χ4v) is 6.48. The predicted octanol–water partition coefficient (Wildman–Crippen LogP) is 2.40. The summed E-state index contributed by atoms with van der Waals surface area (Å²) in [5.41, 5.74) is 0.577. The summed E-state index contributed by atoms with van der Waals surface area (Å²) in [6.45, 7) is 1.71. The zero-order chi connectivity index (χ0) is 18.0. The molecule has 0 aromatic carbocycles. The number of nitrogens with zero attached hydrogens (tertiary/aromatic N) is 2. The lowest BCUT2D eigenvalue weighted by Gasteiger charge is -2.13. The van der Waals surface area contributed by atoms with Gasteiger partial charge in [0.25, 0.3) is 10.0 Å². The summed E-state index contributed by atoms with van der Waals surface area (Å²) in [6.07, 6.45) is 1.89. The van der Waals surface area contributed by atoms with Gasteiger partial charge in [-0.15, -0.1) is 23.1 Å². The van der Waals surface area contributed by atoms with Crippen LogP contribution in [0.5, 0.6) is 5.88 Å². The molecule has 2 aromatic rings. The zero-order valence-electron chi connectivity index (χ0n) is 13.5. The van der Waals surface area contributed by atoms with Gasteiger partial charge in [0.15, 0.2) is 0 Å². The van der Waals surface area contributed by atoms with Crippen molar-refractivity contribution in [3.8, 4) is 5.88 Å². The number of nitrogens with one attached hydrogen (secondary N) is 2. The average molecular weight is 401 g/mol. The number of sulfonamides is 1. The van der Waals surface area contributed by atoms with E-state index in [1.54, 1.807) is 18.4 Å². The van der Waals surface area contributed by atoms with Crippen LogP contribution in [0.25, 0.3) is 0 Å². The molecule has 0 saturated heterocycles. The Balaban J connectivity index is 1.76. The molecule has 2 aromatic heterocycles. The van der Waals surface area contributed by atoms with Crippen LogP contribution in [0.1, 0.15) is 17.0 Å². The number of ether oxygens (including phenoxy) is 1. The number of amides is 2. The number of carbonyl (C=O) groups is 1. The first kappa shape index (κ1) is 18.0. The van der Waals surface area contributed by atoms with Crippen molar-refractivity contribution in [1.82, 2.24) is 14.7 Å². The van der Waals surface area contributed by atoms with Crippen LogP contribution in [0.15, 0.2) is 21.2 Å². The molecule has 0 radical (unpaired) electrons. The topological polar surface area (TPSA) is 110 Å². The van der Waals surface area contributed by atoms with Crippen molar-refractivity contribution in [3.63, 3.8) is 0 Å². The second kappa shape index (κ2) is 7.18. The van der Waals surface area contributed by atoms with Gasteiger partial charge in [0.2, 0.25) is 11.8 Å². The molecule has 8 nitrogen and oxygen atoms in total. The average Bonchev–Trinajstić information content (AvgIpc) is 2.98. The molecular weight excluding hydrogens is 384 g/mol. The standard InChI is InChI=1S/C14H16N4O4S3/c1-8-6-11(22-2)16-13(15-8)17-14(19)18-25(20,21)10-7-24-9-4-3-5-23-12(9)10/h6-7H,3-5H2,1-2H3,(H2,15,16,17,18,19). The molecule has 2 amide bonds. The molecule has 134 valence electrons. The number of urea groups is 1. The fourth-order valence-electron chi connectivity index (χ4n) is 2.29. The summed E-state index contributed by atoms with van der Waals surface area (Å²) in [7, 11) is -2.52. The lowest BCUT2D eigenvalue weighted by atomic mass is 10.3. The largest absolute Gasteiger partial charge is 0.481 e. The Kier molecular flexibility index (Phi) is 5.16. The first-order valence-electron chi connectivity index (χ1n) is 7.35. The van der Waals surface area contributed by atoms with Crippen molar-refractivity contribution in [1.29, 1.82) is 0 Å². The van der Waals surface area contributed by atoms with Gasteiger partial charge in [-0.25, -0.2) is 22.9 Å². The van der Waals surface area contributed by atoms with E-state index in [-0.39, 0.29) is 16.7 Å². The van der Waals surface area contributed by atoms with Crippen molar-refractivity contribution in [2.24, 2.45) is 0 Å². The highest BCUT2D eigenvalue weighted by molar-refractivity contribution is 8.00. The maximum atomic E-state index is 12.5. The summed E-state index contributed by atoms with van der Waals surface area (Å²) >= 11 is 2.91. The summed E-state index contributed by atoms with van der Waals surface area (Å²) in [4.78, 5) is 22.0. The highest BCUT2D eigenvalue weighted by Gasteiger charge is 2.27. The van der Waals surface area contributed by atoms with E-state index in [9.17, 15) is 13.2 Å². The number of rotatable bonds is 4. The molecule has 1 aliphatic heterocycles. The molecule has 2 N–H and O–H groups in total. The molecular formula is C14H16N4O4S3. The fraction of sp³-hybridized carbons (Fsp3) is 0.357. The summed E-state index contributed by atoms with van der Waals surface area (Å²) in [5, 5.41) is 3.89. The number of fused-ring (bicyclic) bond motifs is 1. The predicted molar refractivity (Wildman–Crippen MR) is 96.0 cm³/mol. The van der Waals surface area contributed by atoms with Crippen molar-refractivity contribution in [2.75, 3.05) is 18.2 Å². The van der Waals surface area contributed by atoms with Gasteiger partial charge < -0.3 is 4.74 Å². The van der Waals surface area contributed by atoms with E-state index in [4.69, 9.17) is 4.74 Å². The molecule has 0 bridgehead atoms. The smallest absolute Gasteiger partial charge is 0.335 e. The molecule has 3 rings (SSSR count). The number of methoxy groups -OCH3 is 1. The lowest BCUT2D eigenvalue weighted by Crippen LogP contribution is -2.35. The van der Waals surface area contributed by atoms with Crippen LogP contribution in [0, 0.1) is 6.92 Å². The molecule has 0 fully saturated rings. The molecule has 3 heterocycles. The minimum absolute atomic E-state index is 0.0359. The quantitative estimate of drug-likeness (QED) is 0.811. The van der Waals surface area contributed by atoms with Crippen LogP contribution >= 0.6 is 23.1 Å². The second-order valence-electron chi connectivity index (χ2n) is 5.24. The van der Waals surface area contributed by atoms with E-state index in [1.807, 2.05) is 4.72 Å². The van der Waals surface area contributed by atoms with E-state index >= 15 is 0 Å². The Morgan fingerprint density at radius 1 is 1.36 bits per heavy atom. The third-order valence-corrected chi connectivity index (χ3v) is 7.42. The van der Waals surface area contributed by atoms with Gasteiger partial charge in [-0.05, 0) is 25.5 Å². The third kappa shape index (κ3) is 4.05. The number of thioether (sulfide) groups is 1. The Bertz CT molecular complexity index is 911. The highest BCUT2D eigenvalue weighted by Crippen LogP contribution is 2.39. The van der Waals surface area contributed by atoms with E-state index < -0.39 is 16.1 Å². The van der Waals surface area contributed by atoms with E-state index in [0.717, 1.165) is 28.4 Å². The number of anilines is 1. The van der Waals surface area contributed by atoms with Gasteiger partial charge >= 0.3 is 6.03 Å². The molecule has 0 spiro atoms. The number of thiophene rings is 1. The zero-order valence-corrected chi connectivity index (χ0v) is 16.0. The maximum absolute atomic E-state index is 12.5. The first-order chi connectivity index (χ1) is 11.9. The Morgan fingerprint density at radius 3 is 2.92 bits per heavy atom. The number of aryl methyl sites for hydroxylation is 2. The first-order valence-corrected chi connectivity index (χ1v) is 10.7. The van der Waals surface area contributed by atoms with Gasteiger partial charge in [-0.2, -0.15) is 4.98 Å². The summed E-state index contributed by atoms with van der Waals surface area (Å²) in [5.74, 6) is 1.11. The van der Waals surface area contributed by atoms with E-state index in [1.165, 1.54) is 30.2 Å². The number of hydrogen-bond donors (Lipinski definition) is 2. The van der Waals surface area contributed by atoms with Crippen LogP contribution in [-0.4, -0.2) is 37.3 Å². The van der Waals surface area contributed by atoms with Crippen LogP contribution in [0.2, 0.25) is 0 Å². The van der Waals surface area contributed by atoms with E-state index in [2.05, 4.69) is 15.3 Å². The van der Waals surface area contributed by atoms with Crippen molar-refractivity contribution < 1.29 is 17.9 Å². The number of hydrogen-bond acceptors (Lipinski definition) is 8. The van der Waals surface area contributed by atoms with Crippen molar-refractivity contribution in [2.45, 2.75) is 29.6 Å².